The van der Waals surface area contributed by atoms with Gasteiger partial charge in [0.2, 0.25) is 0 Å². The summed E-state index contributed by atoms with van der Waals surface area (Å²) in [6.07, 6.45) is 0.502. The third-order valence-electron chi connectivity index (χ3n) is 3.35. The SMILES string of the molecule is COCCCNC(=O)c1cc2ccc(OCCC(=O)O)cc2oc1=O. The number of hydrogen-bond acceptors (Lipinski definition) is 6. The van der Waals surface area contributed by atoms with Crippen molar-refractivity contribution in [2.24, 2.45) is 0 Å². The van der Waals surface area contributed by atoms with Crippen LogP contribution < -0.4 is 15.7 Å². The second-order valence-electron chi connectivity index (χ2n) is 5.24. The van der Waals surface area contributed by atoms with E-state index in [-0.39, 0.29) is 24.2 Å². The zero-order valence-electron chi connectivity index (χ0n) is 13.7. The first-order valence-electron chi connectivity index (χ1n) is 7.71. The quantitative estimate of drug-likeness (QED) is 0.519. The van der Waals surface area contributed by atoms with E-state index in [1.165, 1.54) is 12.1 Å². The maximum absolute atomic E-state index is 12.1. The van der Waals surface area contributed by atoms with Crippen LogP contribution in [0.5, 0.6) is 5.75 Å². The fraction of sp³-hybridized carbons (Fsp3) is 0.353. The van der Waals surface area contributed by atoms with Gasteiger partial charge in [0.15, 0.2) is 0 Å². The number of benzene rings is 1. The minimum Gasteiger partial charge on any atom is -0.493 e. The van der Waals surface area contributed by atoms with Gasteiger partial charge >= 0.3 is 11.6 Å². The molecule has 2 N–H and O–H groups in total. The Morgan fingerprint density at radius 1 is 1.24 bits per heavy atom. The number of hydrogen-bond donors (Lipinski definition) is 2. The van der Waals surface area contributed by atoms with Crippen molar-refractivity contribution in [1.29, 1.82) is 0 Å². The number of aliphatic carboxylic acids is 1. The van der Waals surface area contributed by atoms with Gasteiger partial charge < -0.3 is 24.3 Å². The van der Waals surface area contributed by atoms with Gasteiger partial charge in [-0.25, -0.2) is 4.79 Å². The highest BCUT2D eigenvalue weighted by atomic mass is 16.5. The van der Waals surface area contributed by atoms with Gasteiger partial charge in [-0.05, 0) is 24.6 Å². The van der Waals surface area contributed by atoms with Gasteiger partial charge in [-0.1, -0.05) is 0 Å². The summed E-state index contributed by atoms with van der Waals surface area (Å²) in [6, 6.07) is 6.19. The standard InChI is InChI=1S/C17H19NO7/c1-23-7-2-6-18-16(21)13-9-11-3-4-12(24-8-5-15(19)20)10-14(11)25-17(13)22/h3-4,9-10H,2,5-8H2,1H3,(H,18,21)(H,19,20). The third kappa shape index (κ3) is 5.32. The van der Waals surface area contributed by atoms with Crippen LogP contribution in [-0.2, 0) is 9.53 Å². The minimum absolute atomic E-state index is 0.00698. The largest absolute Gasteiger partial charge is 0.493 e. The van der Waals surface area contributed by atoms with Crippen LogP contribution in [0.4, 0.5) is 0 Å². The van der Waals surface area contributed by atoms with Gasteiger partial charge in [-0.15, -0.1) is 0 Å². The zero-order chi connectivity index (χ0) is 18.2. The lowest BCUT2D eigenvalue weighted by Gasteiger charge is -2.07. The highest BCUT2D eigenvalue weighted by molar-refractivity contribution is 5.96. The van der Waals surface area contributed by atoms with Crippen LogP contribution >= 0.6 is 0 Å². The molecule has 25 heavy (non-hydrogen) atoms. The van der Waals surface area contributed by atoms with Crippen LogP contribution in [0.15, 0.2) is 33.5 Å². The summed E-state index contributed by atoms with van der Waals surface area (Å²) in [5.74, 6) is -1.09. The molecule has 0 aliphatic heterocycles. The Labute approximate surface area is 143 Å². The van der Waals surface area contributed by atoms with E-state index in [2.05, 4.69) is 5.32 Å². The van der Waals surface area contributed by atoms with Crippen molar-refractivity contribution in [3.63, 3.8) is 0 Å². The maximum Gasteiger partial charge on any atom is 0.349 e. The summed E-state index contributed by atoms with van der Waals surface area (Å²) >= 11 is 0. The monoisotopic (exact) mass is 349 g/mol. The first-order valence-corrected chi connectivity index (χ1v) is 7.71. The lowest BCUT2D eigenvalue weighted by Crippen LogP contribution is -2.29. The molecule has 8 nitrogen and oxygen atoms in total. The Bertz CT molecular complexity index is 812. The van der Waals surface area contributed by atoms with E-state index in [0.717, 1.165) is 0 Å². The van der Waals surface area contributed by atoms with Crippen molar-refractivity contribution in [2.45, 2.75) is 12.8 Å². The number of methoxy groups -OCH3 is 1. The Hall–Kier alpha value is -2.87. The second kappa shape index (κ2) is 8.84. The van der Waals surface area contributed by atoms with Gasteiger partial charge in [-0.2, -0.15) is 0 Å². The van der Waals surface area contributed by atoms with Gasteiger partial charge in [0.1, 0.15) is 16.9 Å². The molecule has 0 unspecified atom stereocenters. The molecule has 0 saturated heterocycles. The molecule has 1 aromatic carbocycles. The highest BCUT2D eigenvalue weighted by Gasteiger charge is 2.13. The average Bonchev–Trinajstić information content (AvgIpc) is 2.57. The molecule has 0 fully saturated rings. The number of ether oxygens (including phenoxy) is 2. The Morgan fingerprint density at radius 2 is 2.04 bits per heavy atom. The first kappa shape index (κ1) is 18.5. The smallest absolute Gasteiger partial charge is 0.349 e. The molecule has 0 bridgehead atoms. The number of amides is 1. The molecule has 0 aliphatic rings. The summed E-state index contributed by atoms with van der Waals surface area (Å²) in [6.45, 7) is 0.908. The number of carbonyl (C=O) groups is 2. The molecule has 0 saturated carbocycles. The van der Waals surface area contributed by atoms with E-state index < -0.39 is 17.5 Å². The summed E-state index contributed by atoms with van der Waals surface area (Å²) < 4.78 is 15.3. The predicted molar refractivity (Wildman–Crippen MR) is 89.1 cm³/mol. The first-order chi connectivity index (χ1) is 12.0. The zero-order valence-corrected chi connectivity index (χ0v) is 13.7. The molecule has 2 aromatic rings. The number of carbonyl (C=O) groups excluding carboxylic acids is 1. The van der Waals surface area contributed by atoms with Gasteiger partial charge in [0.05, 0.1) is 13.0 Å². The van der Waals surface area contributed by atoms with Gasteiger partial charge in [0, 0.05) is 31.7 Å². The topological polar surface area (TPSA) is 115 Å². The molecule has 2 rings (SSSR count). The average molecular weight is 349 g/mol. The van der Waals surface area contributed by atoms with E-state index >= 15 is 0 Å². The molecule has 8 heteroatoms. The molecule has 1 aromatic heterocycles. The minimum atomic E-state index is -0.964. The highest BCUT2D eigenvalue weighted by Crippen LogP contribution is 2.20. The lowest BCUT2D eigenvalue weighted by atomic mass is 10.1. The van der Waals surface area contributed by atoms with Crippen molar-refractivity contribution in [2.75, 3.05) is 26.9 Å². The van der Waals surface area contributed by atoms with Crippen LogP contribution in [-0.4, -0.2) is 43.9 Å². The molecule has 0 aliphatic carbocycles. The van der Waals surface area contributed by atoms with E-state index in [4.69, 9.17) is 19.0 Å². The lowest BCUT2D eigenvalue weighted by molar-refractivity contribution is -0.137. The summed E-state index contributed by atoms with van der Waals surface area (Å²) in [5, 5.41) is 11.8. The second-order valence-corrected chi connectivity index (χ2v) is 5.24. The normalized spacial score (nSPS) is 10.6. The summed E-state index contributed by atoms with van der Waals surface area (Å²) in [7, 11) is 1.57. The van der Waals surface area contributed by atoms with E-state index in [0.29, 0.717) is 30.7 Å². The predicted octanol–water partition coefficient (Wildman–Crippen LogP) is 1.41. The van der Waals surface area contributed by atoms with E-state index in [1.54, 1.807) is 19.2 Å². The van der Waals surface area contributed by atoms with Crippen molar-refractivity contribution in [3.8, 4) is 5.75 Å². The third-order valence-corrected chi connectivity index (χ3v) is 3.35. The van der Waals surface area contributed by atoms with Crippen LogP contribution in [0.3, 0.4) is 0 Å². The molecule has 0 radical (unpaired) electrons. The number of carboxylic acid groups (broad SMARTS) is 1. The van der Waals surface area contributed by atoms with E-state index in [1.807, 2.05) is 0 Å². The van der Waals surface area contributed by atoms with Crippen LogP contribution in [0.25, 0.3) is 11.0 Å². The number of rotatable bonds is 9. The molecule has 1 heterocycles. The summed E-state index contributed by atoms with van der Waals surface area (Å²) in [4.78, 5) is 34.5. The van der Waals surface area contributed by atoms with E-state index in [9.17, 15) is 14.4 Å². The molecule has 134 valence electrons. The maximum atomic E-state index is 12.1. The number of nitrogens with one attached hydrogen (secondary N) is 1. The van der Waals surface area contributed by atoms with Gasteiger partial charge in [0.25, 0.3) is 5.91 Å². The number of carboxylic acids is 1. The van der Waals surface area contributed by atoms with Crippen molar-refractivity contribution in [1.82, 2.24) is 5.32 Å². The Morgan fingerprint density at radius 3 is 2.76 bits per heavy atom. The molecule has 0 spiro atoms. The fourth-order valence-corrected chi connectivity index (χ4v) is 2.11. The van der Waals surface area contributed by atoms with Gasteiger partial charge in [-0.3, -0.25) is 9.59 Å². The molecule has 1 amide bonds. The fourth-order valence-electron chi connectivity index (χ4n) is 2.11. The molecular formula is C17H19NO7. The molecular weight excluding hydrogens is 330 g/mol. The van der Waals surface area contributed by atoms with Crippen molar-refractivity contribution in [3.05, 3.63) is 40.2 Å². The molecule has 0 atom stereocenters. The summed E-state index contributed by atoms with van der Waals surface area (Å²) in [5.41, 5.74) is -0.572. The van der Waals surface area contributed by atoms with Crippen LogP contribution in [0.1, 0.15) is 23.2 Å². The Balaban J connectivity index is 2.12. The van der Waals surface area contributed by atoms with Crippen LogP contribution in [0, 0.1) is 0 Å². The number of fused-ring (bicyclic) bond motifs is 1. The van der Waals surface area contributed by atoms with Crippen LogP contribution in [0.2, 0.25) is 0 Å². The Kier molecular flexibility index (Phi) is 6.53. The van der Waals surface area contributed by atoms with Crippen molar-refractivity contribution >= 4 is 22.8 Å². The van der Waals surface area contributed by atoms with Crippen molar-refractivity contribution < 1.29 is 28.6 Å².